The Hall–Kier alpha value is -3.36. The van der Waals surface area contributed by atoms with E-state index >= 15 is 0 Å². The second-order valence-corrected chi connectivity index (χ2v) is 6.97. The van der Waals surface area contributed by atoms with Crippen molar-refractivity contribution in [1.29, 1.82) is 0 Å². The lowest BCUT2D eigenvalue weighted by Gasteiger charge is -2.35. The van der Waals surface area contributed by atoms with Gasteiger partial charge in [0.1, 0.15) is 11.6 Å². The first-order valence-corrected chi connectivity index (χ1v) is 9.43. The first kappa shape index (κ1) is 19.9. The van der Waals surface area contributed by atoms with Gasteiger partial charge in [0.2, 0.25) is 5.89 Å². The van der Waals surface area contributed by atoms with Crippen molar-refractivity contribution in [3.63, 3.8) is 0 Å². The van der Waals surface area contributed by atoms with E-state index in [1.54, 1.807) is 11.8 Å². The quantitative estimate of drug-likeness (QED) is 0.645. The molecule has 0 saturated carbocycles. The van der Waals surface area contributed by atoms with Crippen molar-refractivity contribution < 1.29 is 22.4 Å². The molecule has 2 aromatic heterocycles. The molecule has 9 heteroatoms. The molecule has 1 aliphatic rings. The minimum atomic E-state index is -4.41. The van der Waals surface area contributed by atoms with Crippen molar-refractivity contribution in [2.75, 3.05) is 31.1 Å². The van der Waals surface area contributed by atoms with Crippen LogP contribution < -0.4 is 4.90 Å². The number of rotatable bonds is 3. The third kappa shape index (κ3) is 4.00. The first-order valence-electron chi connectivity index (χ1n) is 9.43. The summed E-state index contributed by atoms with van der Waals surface area (Å²) < 4.78 is 43.8. The van der Waals surface area contributed by atoms with Crippen LogP contribution in [0.2, 0.25) is 0 Å². The number of amides is 1. The molecule has 0 bridgehead atoms. The van der Waals surface area contributed by atoms with E-state index in [4.69, 9.17) is 4.42 Å². The van der Waals surface area contributed by atoms with Crippen molar-refractivity contribution in [1.82, 2.24) is 14.9 Å². The number of pyridine rings is 1. The second kappa shape index (κ2) is 7.81. The van der Waals surface area contributed by atoms with E-state index in [9.17, 15) is 18.0 Å². The minimum Gasteiger partial charge on any atom is -0.441 e. The van der Waals surface area contributed by atoms with Crippen LogP contribution in [-0.2, 0) is 6.18 Å². The van der Waals surface area contributed by atoms with E-state index in [-0.39, 0.29) is 11.6 Å². The highest BCUT2D eigenvalue weighted by Crippen LogP contribution is 2.29. The van der Waals surface area contributed by atoms with Gasteiger partial charge in [-0.1, -0.05) is 18.2 Å². The minimum absolute atomic E-state index is 0.224. The van der Waals surface area contributed by atoms with Crippen molar-refractivity contribution in [2.45, 2.75) is 13.1 Å². The average molecular weight is 416 g/mol. The zero-order valence-electron chi connectivity index (χ0n) is 16.2. The van der Waals surface area contributed by atoms with E-state index in [0.29, 0.717) is 43.6 Å². The van der Waals surface area contributed by atoms with Crippen LogP contribution in [-0.4, -0.2) is 47.0 Å². The fourth-order valence-corrected chi connectivity index (χ4v) is 3.33. The molecular formula is C21H19F3N4O2. The van der Waals surface area contributed by atoms with E-state index < -0.39 is 11.7 Å². The van der Waals surface area contributed by atoms with Crippen molar-refractivity contribution in [3.8, 4) is 11.5 Å². The van der Waals surface area contributed by atoms with Crippen molar-refractivity contribution >= 4 is 11.7 Å². The number of piperazine rings is 1. The summed E-state index contributed by atoms with van der Waals surface area (Å²) in [4.78, 5) is 24.7. The third-order valence-electron chi connectivity index (χ3n) is 4.99. The molecule has 30 heavy (non-hydrogen) atoms. The second-order valence-electron chi connectivity index (χ2n) is 6.97. The van der Waals surface area contributed by atoms with Crippen LogP contribution in [0.5, 0.6) is 0 Å². The fourth-order valence-electron chi connectivity index (χ4n) is 3.33. The van der Waals surface area contributed by atoms with Gasteiger partial charge >= 0.3 is 6.18 Å². The number of nitrogens with zero attached hydrogens (tertiary/aromatic N) is 4. The Morgan fingerprint density at radius 2 is 1.73 bits per heavy atom. The Morgan fingerprint density at radius 1 is 1.03 bits per heavy atom. The summed E-state index contributed by atoms with van der Waals surface area (Å²) in [5.41, 5.74) is 0.281. The lowest BCUT2D eigenvalue weighted by Crippen LogP contribution is -2.49. The molecule has 0 unspecified atom stereocenters. The van der Waals surface area contributed by atoms with E-state index in [0.717, 1.165) is 17.8 Å². The monoisotopic (exact) mass is 416 g/mol. The number of oxazole rings is 1. The predicted molar refractivity (Wildman–Crippen MR) is 104 cm³/mol. The summed E-state index contributed by atoms with van der Waals surface area (Å²) in [6, 6.07) is 11.7. The number of alkyl halides is 3. The number of aromatic nitrogens is 2. The molecule has 0 N–H and O–H groups in total. The zero-order chi connectivity index (χ0) is 21.3. The van der Waals surface area contributed by atoms with Gasteiger partial charge in [-0.25, -0.2) is 9.97 Å². The molecule has 0 radical (unpaired) electrons. The van der Waals surface area contributed by atoms with Gasteiger partial charge in [-0.2, -0.15) is 13.2 Å². The van der Waals surface area contributed by atoms with E-state index in [2.05, 4.69) is 9.97 Å². The summed E-state index contributed by atoms with van der Waals surface area (Å²) in [7, 11) is 0. The van der Waals surface area contributed by atoms with Crippen LogP contribution in [0.25, 0.3) is 11.5 Å². The normalized spacial score (nSPS) is 14.8. The van der Waals surface area contributed by atoms with Gasteiger partial charge in [0.15, 0.2) is 5.69 Å². The zero-order valence-corrected chi connectivity index (χ0v) is 16.2. The Bertz CT molecular complexity index is 1020. The van der Waals surface area contributed by atoms with E-state index in [1.165, 1.54) is 6.07 Å². The van der Waals surface area contributed by atoms with Crippen LogP contribution in [0.3, 0.4) is 0 Å². The molecule has 1 aromatic carbocycles. The molecule has 3 aromatic rings. The molecule has 0 aliphatic carbocycles. The van der Waals surface area contributed by atoms with Gasteiger partial charge < -0.3 is 14.2 Å². The first-order chi connectivity index (χ1) is 14.3. The van der Waals surface area contributed by atoms with Gasteiger partial charge in [0.25, 0.3) is 5.91 Å². The molecule has 1 amide bonds. The Morgan fingerprint density at radius 3 is 2.33 bits per heavy atom. The molecule has 1 aliphatic heterocycles. The SMILES string of the molecule is Cc1oc(-c2ccccc2)nc1C(=O)N1CCN(c2ccc(C(F)(F)F)cn2)CC1. The van der Waals surface area contributed by atoms with Crippen LogP contribution in [0.15, 0.2) is 53.1 Å². The number of carbonyl (C=O) groups excluding carboxylic acids is 1. The lowest BCUT2D eigenvalue weighted by atomic mass is 10.2. The predicted octanol–water partition coefficient (Wildman–Crippen LogP) is 4.03. The molecule has 4 rings (SSSR count). The maximum atomic E-state index is 12.9. The Balaban J connectivity index is 1.42. The smallest absolute Gasteiger partial charge is 0.417 e. The van der Waals surface area contributed by atoms with Crippen LogP contribution in [0, 0.1) is 6.92 Å². The summed E-state index contributed by atoms with van der Waals surface area (Å²) in [6.45, 7) is 3.46. The lowest BCUT2D eigenvalue weighted by molar-refractivity contribution is -0.137. The molecule has 1 saturated heterocycles. The van der Waals surface area contributed by atoms with Gasteiger partial charge in [-0.15, -0.1) is 0 Å². The van der Waals surface area contributed by atoms with Gasteiger partial charge in [-0.05, 0) is 31.2 Å². The third-order valence-corrected chi connectivity index (χ3v) is 4.99. The molecule has 1 fully saturated rings. The van der Waals surface area contributed by atoms with E-state index in [1.807, 2.05) is 35.2 Å². The van der Waals surface area contributed by atoms with Crippen LogP contribution in [0.1, 0.15) is 21.8 Å². The fraction of sp³-hybridized carbons (Fsp3) is 0.286. The molecule has 6 nitrogen and oxygen atoms in total. The topological polar surface area (TPSA) is 62.5 Å². The standard InChI is InChI=1S/C21H19F3N4O2/c1-14-18(26-19(30-14)15-5-3-2-4-6-15)20(29)28-11-9-27(10-12-28)17-8-7-16(13-25-17)21(22,23)24/h2-8,13H,9-12H2,1H3. The number of carbonyl (C=O) groups is 1. The van der Waals surface area contributed by atoms with Gasteiger partial charge in [0, 0.05) is 37.9 Å². The number of aryl methyl sites for hydroxylation is 1. The summed E-state index contributed by atoms with van der Waals surface area (Å²) in [6.07, 6.45) is -3.58. The number of hydrogen-bond acceptors (Lipinski definition) is 5. The highest BCUT2D eigenvalue weighted by Gasteiger charge is 2.31. The number of anilines is 1. The average Bonchev–Trinajstić information content (AvgIpc) is 3.15. The largest absolute Gasteiger partial charge is 0.441 e. The maximum Gasteiger partial charge on any atom is 0.417 e. The molecular weight excluding hydrogens is 397 g/mol. The maximum absolute atomic E-state index is 12.9. The van der Waals surface area contributed by atoms with Gasteiger partial charge in [0.05, 0.1) is 5.56 Å². The number of benzene rings is 1. The van der Waals surface area contributed by atoms with Crippen LogP contribution >= 0.6 is 0 Å². The molecule has 0 spiro atoms. The Kier molecular flexibility index (Phi) is 5.19. The highest BCUT2D eigenvalue weighted by atomic mass is 19.4. The summed E-state index contributed by atoms with van der Waals surface area (Å²) in [5, 5.41) is 0. The highest BCUT2D eigenvalue weighted by molar-refractivity contribution is 5.94. The molecule has 156 valence electrons. The molecule has 3 heterocycles. The van der Waals surface area contributed by atoms with Crippen molar-refractivity contribution in [3.05, 3.63) is 65.7 Å². The summed E-state index contributed by atoms with van der Waals surface area (Å²) in [5.74, 6) is 1.08. The van der Waals surface area contributed by atoms with Crippen molar-refractivity contribution in [2.24, 2.45) is 0 Å². The van der Waals surface area contributed by atoms with Gasteiger partial charge in [-0.3, -0.25) is 4.79 Å². The number of halogens is 3. The number of hydrogen-bond donors (Lipinski definition) is 0. The van der Waals surface area contributed by atoms with Crippen LogP contribution in [0.4, 0.5) is 19.0 Å². The Labute approximate surface area is 171 Å². The molecule has 0 atom stereocenters. The summed E-state index contributed by atoms with van der Waals surface area (Å²) >= 11 is 0.